The molecule has 1 heterocycles. The van der Waals surface area contributed by atoms with E-state index in [2.05, 4.69) is 4.98 Å². The lowest BCUT2D eigenvalue weighted by Crippen LogP contribution is -2.13. The van der Waals surface area contributed by atoms with Gasteiger partial charge in [0.25, 0.3) is 5.56 Å². The fraction of sp³-hybridized carbons (Fsp3) is 0.0833. The molecule has 0 aliphatic carbocycles. The van der Waals surface area contributed by atoms with Gasteiger partial charge in [-0.3, -0.25) is 14.2 Å². The molecular formula is C12H9ClN2O3S. The van der Waals surface area contributed by atoms with Gasteiger partial charge in [0.2, 0.25) is 0 Å². The summed E-state index contributed by atoms with van der Waals surface area (Å²) in [6.45, 7) is 0. The second-order valence-electron chi connectivity index (χ2n) is 3.58. The zero-order chi connectivity index (χ0) is 13.8. The van der Waals surface area contributed by atoms with E-state index >= 15 is 0 Å². The molecule has 1 N–H and O–H groups in total. The summed E-state index contributed by atoms with van der Waals surface area (Å²) in [6, 6.07) is 8.31. The van der Waals surface area contributed by atoms with Crippen molar-refractivity contribution in [1.82, 2.24) is 9.55 Å². The molecule has 0 saturated carbocycles. The minimum atomic E-state index is -0.972. The zero-order valence-electron chi connectivity index (χ0n) is 9.62. The van der Waals surface area contributed by atoms with Crippen LogP contribution >= 0.6 is 23.4 Å². The van der Waals surface area contributed by atoms with Crippen molar-refractivity contribution in [3.05, 3.63) is 51.9 Å². The summed E-state index contributed by atoms with van der Waals surface area (Å²) in [4.78, 5) is 25.7. The first-order valence-corrected chi connectivity index (χ1v) is 6.63. The number of hydrogen-bond donors (Lipinski definition) is 1. The fourth-order valence-corrected chi connectivity index (χ4v) is 2.34. The predicted molar refractivity (Wildman–Crippen MR) is 73.2 cm³/mol. The Morgan fingerprint density at radius 1 is 1.42 bits per heavy atom. The standard InChI is InChI=1S/C12H9ClN2O3S/c13-8-2-1-3-9(6-8)15-5-4-10(16)14-12(15)19-7-11(17)18/h1-6H,7H2,(H,17,18). The Morgan fingerprint density at radius 2 is 2.21 bits per heavy atom. The number of rotatable bonds is 4. The molecule has 0 unspecified atom stereocenters. The second-order valence-corrected chi connectivity index (χ2v) is 4.96. The molecule has 0 amide bonds. The van der Waals surface area contributed by atoms with Crippen molar-refractivity contribution < 1.29 is 9.90 Å². The van der Waals surface area contributed by atoms with Gasteiger partial charge in [0.15, 0.2) is 5.16 Å². The van der Waals surface area contributed by atoms with E-state index in [-0.39, 0.29) is 5.75 Å². The molecule has 0 saturated heterocycles. The topological polar surface area (TPSA) is 72.2 Å². The Morgan fingerprint density at radius 3 is 2.89 bits per heavy atom. The fourth-order valence-electron chi connectivity index (χ4n) is 1.44. The highest BCUT2D eigenvalue weighted by atomic mass is 35.5. The van der Waals surface area contributed by atoms with Crippen molar-refractivity contribution >= 4 is 29.3 Å². The van der Waals surface area contributed by atoms with Crippen LogP contribution in [0.3, 0.4) is 0 Å². The van der Waals surface area contributed by atoms with Crippen molar-refractivity contribution in [3.63, 3.8) is 0 Å². The maximum atomic E-state index is 11.3. The first kappa shape index (κ1) is 13.6. The molecule has 5 nitrogen and oxygen atoms in total. The summed E-state index contributed by atoms with van der Waals surface area (Å²) in [5.74, 6) is -1.14. The molecule has 0 aliphatic rings. The van der Waals surface area contributed by atoms with Gasteiger partial charge in [0.1, 0.15) is 0 Å². The van der Waals surface area contributed by atoms with E-state index in [0.717, 1.165) is 11.8 Å². The first-order chi connectivity index (χ1) is 9.06. The predicted octanol–water partition coefficient (Wildman–Crippen LogP) is 2.06. The van der Waals surface area contributed by atoms with Crippen LogP contribution in [0.25, 0.3) is 5.69 Å². The Hall–Kier alpha value is -1.79. The molecule has 98 valence electrons. The van der Waals surface area contributed by atoms with Crippen molar-refractivity contribution in [3.8, 4) is 5.69 Å². The van der Waals surface area contributed by atoms with Gasteiger partial charge in [-0.2, -0.15) is 4.98 Å². The largest absolute Gasteiger partial charge is 0.481 e. The van der Waals surface area contributed by atoms with Gasteiger partial charge in [0.05, 0.1) is 5.75 Å². The molecule has 0 fully saturated rings. The van der Waals surface area contributed by atoms with Crippen LogP contribution in [0.5, 0.6) is 0 Å². The number of hydrogen-bond acceptors (Lipinski definition) is 4. The number of carboxylic acid groups (broad SMARTS) is 1. The van der Waals surface area contributed by atoms with E-state index in [9.17, 15) is 9.59 Å². The van der Waals surface area contributed by atoms with Crippen molar-refractivity contribution in [2.75, 3.05) is 5.75 Å². The molecule has 0 aliphatic heterocycles. The van der Waals surface area contributed by atoms with Crippen LogP contribution in [0.1, 0.15) is 0 Å². The van der Waals surface area contributed by atoms with E-state index < -0.39 is 11.5 Å². The van der Waals surface area contributed by atoms with Gasteiger partial charge >= 0.3 is 5.97 Å². The van der Waals surface area contributed by atoms with Gasteiger partial charge in [-0.25, -0.2) is 0 Å². The van der Waals surface area contributed by atoms with Crippen LogP contribution in [-0.4, -0.2) is 26.4 Å². The summed E-state index contributed by atoms with van der Waals surface area (Å²) < 4.78 is 1.63. The molecule has 1 aromatic carbocycles. The van der Waals surface area contributed by atoms with Crippen molar-refractivity contribution in [2.24, 2.45) is 0 Å². The number of nitrogens with zero attached hydrogens (tertiary/aromatic N) is 2. The number of aromatic nitrogens is 2. The van der Waals surface area contributed by atoms with Crippen LogP contribution in [0.2, 0.25) is 5.02 Å². The van der Waals surface area contributed by atoms with Gasteiger partial charge in [-0.15, -0.1) is 0 Å². The highest BCUT2D eigenvalue weighted by molar-refractivity contribution is 7.99. The van der Waals surface area contributed by atoms with E-state index in [4.69, 9.17) is 16.7 Å². The average molecular weight is 297 g/mol. The SMILES string of the molecule is O=C(O)CSc1nc(=O)ccn1-c1cccc(Cl)c1. The first-order valence-electron chi connectivity index (χ1n) is 5.26. The average Bonchev–Trinajstić information content (AvgIpc) is 2.36. The van der Waals surface area contributed by atoms with E-state index in [1.54, 1.807) is 35.0 Å². The lowest BCUT2D eigenvalue weighted by molar-refractivity contribution is -0.133. The lowest BCUT2D eigenvalue weighted by atomic mass is 10.3. The monoisotopic (exact) mass is 296 g/mol. The quantitative estimate of drug-likeness (QED) is 0.691. The van der Waals surface area contributed by atoms with Crippen LogP contribution in [0, 0.1) is 0 Å². The third-order valence-corrected chi connectivity index (χ3v) is 3.36. The highest BCUT2D eigenvalue weighted by Gasteiger charge is 2.08. The number of halogens is 1. The second kappa shape index (κ2) is 5.90. The number of aliphatic carboxylic acids is 1. The Bertz CT molecular complexity index is 672. The third kappa shape index (κ3) is 3.59. The van der Waals surface area contributed by atoms with E-state index in [1.165, 1.54) is 6.07 Å². The molecular weight excluding hydrogens is 288 g/mol. The summed E-state index contributed by atoms with van der Waals surface area (Å²) in [5.41, 5.74) is 0.305. The van der Waals surface area contributed by atoms with E-state index in [0.29, 0.717) is 15.9 Å². The number of carboxylic acids is 1. The van der Waals surface area contributed by atoms with Crippen LogP contribution < -0.4 is 5.56 Å². The third-order valence-electron chi connectivity index (χ3n) is 2.19. The smallest absolute Gasteiger partial charge is 0.313 e. The molecule has 2 aromatic rings. The van der Waals surface area contributed by atoms with Crippen molar-refractivity contribution in [1.29, 1.82) is 0 Å². The molecule has 7 heteroatoms. The molecule has 0 spiro atoms. The summed E-state index contributed by atoms with van der Waals surface area (Å²) in [5, 5.41) is 9.56. The summed E-state index contributed by atoms with van der Waals surface area (Å²) in [7, 11) is 0. The number of benzene rings is 1. The Labute approximate surface area is 117 Å². The molecule has 0 bridgehead atoms. The normalized spacial score (nSPS) is 10.4. The zero-order valence-corrected chi connectivity index (χ0v) is 11.2. The summed E-state index contributed by atoms with van der Waals surface area (Å²) in [6.07, 6.45) is 1.55. The minimum Gasteiger partial charge on any atom is -0.481 e. The molecule has 2 rings (SSSR count). The number of thioether (sulfide) groups is 1. The Kier molecular flexibility index (Phi) is 4.24. The van der Waals surface area contributed by atoms with E-state index in [1.807, 2.05) is 0 Å². The van der Waals surface area contributed by atoms with Crippen LogP contribution in [0.15, 0.2) is 46.5 Å². The molecule has 0 radical (unpaired) electrons. The van der Waals surface area contributed by atoms with Crippen molar-refractivity contribution in [2.45, 2.75) is 5.16 Å². The Balaban J connectivity index is 2.44. The summed E-state index contributed by atoms with van der Waals surface area (Å²) >= 11 is 6.89. The highest BCUT2D eigenvalue weighted by Crippen LogP contribution is 2.20. The molecule has 0 atom stereocenters. The molecule has 19 heavy (non-hydrogen) atoms. The lowest BCUT2D eigenvalue weighted by Gasteiger charge is -2.10. The number of carbonyl (C=O) groups is 1. The van der Waals surface area contributed by atoms with Gasteiger partial charge in [0, 0.05) is 23.0 Å². The minimum absolute atomic E-state index is 0.170. The maximum absolute atomic E-state index is 11.3. The molecule has 1 aromatic heterocycles. The van der Waals surface area contributed by atoms with Gasteiger partial charge in [-0.1, -0.05) is 29.4 Å². The van der Waals surface area contributed by atoms with Gasteiger partial charge < -0.3 is 5.11 Å². The van der Waals surface area contributed by atoms with Gasteiger partial charge in [-0.05, 0) is 18.2 Å². The van der Waals surface area contributed by atoms with Crippen LogP contribution in [0.4, 0.5) is 0 Å². The maximum Gasteiger partial charge on any atom is 0.313 e. The van der Waals surface area contributed by atoms with Crippen LogP contribution in [-0.2, 0) is 4.79 Å².